The van der Waals surface area contributed by atoms with Gasteiger partial charge in [0.1, 0.15) is 23.2 Å². The Kier molecular flexibility index (Phi) is 10.3. The first-order valence-corrected chi connectivity index (χ1v) is 19.0. The van der Waals surface area contributed by atoms with Crippen molar-refractivity contribution in [1.82, 2.24) is 25.3 Å². The van der Waals surface area contributed by atoms with Crippen molar-refractivity contribution in [2.24, 2.45) is 5.92 Å². The van der Waals surface area contributed by atoms with Crippen LogP contribution >= 0.6 is 11.8 Å². The highest BCUT2D eigenvalue weighted by molar-refractivity contribution is 7.99. The van der Waals surface area contributed by atoms with E-state index in [2.05, 4.69) is 32.8 Å². The van der Waals surface area contributed by atoms with Crippen LogP contribution in [0, 0.1) is 5.92 Å². The first-order chi connectivity index (χ1) is 23.4. The van der Waals surface area contributed by atoms with E-state index in [1.54, 1.807) is 27.0 Å². The van der Waals surface area contributed by atoms with Gasteiger partial charge in [0.25, 0.3) is 5.56 Å². The lowest BCUT2D eigenvalue weighted by atomic mass is 9.98. The Morgan fingerprint density at radius 3 is 2.45 bits per heavy atom. The molecule has 14 heteroatoms. The monoisotopic (exact) mass is 698 g/mol. The van der Waals surface area contributed by atoms with E-state index in [4.69, 9.17) is 4.74 Å². The highest BCUT2D eigenvalue weighted by Gasteiger charge is 2.62. The van der Waals surface area contributed by atoms with Crippen molar-refractivity contribution < 1.29 is 29.0 Å². The van der Waals surface area contributed by atoms with Crippen LogP contribution in [0.25, 0.3) is 0 Å². The van der Waals surface area contributed by atoms with Gasteiger partial charge in [-0.15, -0.1) is 0 Å². The molecule has 2 unspecified atom stereocenters. The molecule has 0 aromatic carbocycles. The molecule has 3 saturated heterocycles. The van der Waals surface area contributed by atoms with Crippen molar-refractivity contribution in [3.05, 3.63) is 34.3 Å². The van der Waals surface area contributed by atoms with E-state index in [-0.39, 0.29) is 30.4 Å². The second-order valence-electron chi connectivity index (χ2n) is 15.2. The van der Waals surface area contributed by atoms with E-state index in [0.717, 1.165) is 54.9 Å². The van der Waals surface area contributed by atoms with Crippen LogP contribution in [0.3, 0.4) is 0 Å². The van der Waals surface area contributed by atoms with E-state index < -0.39 is 53.1 Å². The Morgan fingerprint density at radius 2 is 1.78 bits per heavy atom. The summed E-state index contributed by atoms with van der Waals surface area (Å²) in [5, 5.41) is 20.5. The summed E-state index contributed by atoms with van der Waals surface area (Å²) >= 11 is 1.82. The predicted octanol–water partition coefficient (Wildman–Crippen LogP) is 3.58. The van der Waals surface area contributed by atoms with Gasteiger partial charge < -0.3 is 30.3 Å². The highest BCUT2D eigenvalue weighted by atomic mass is 32.2. The Morgan fingerprint density at radius 1 is 1.06 bits per heavy atom. The summed E-state index contributed by atoms with van der Waals surface area (Å²) in [4.78, 5) is 71.9. The lowest BCUT2D eigenvalue weighted by Gasteiger charge is -2.30. The number of amides is 3. The lowest BCUT2D eigenvalue weighted by molar-refractivity contribution is -0.146. The van der Waals surface area contributed by atoms with Crippen LogP contribution in [0.2, 0.25) is 0 Å². The van der Waals surface area contributed by atoms with Crippen molar-refractivity contribution in [1.29, 1.82) is 0 Å². The molecule has 0 bridgehead atoms. The molecular formula is C35H50N6O7S. The van der Waals surface area contributed by atoms with Gasteiger partial charge >= 0.3 is 12.1 Å². The summed E-state index contributed by atoms with van der Waals surface area (Å²) in [5.74, 6) is -0.390. The van der Waals surface area contributed by atoms with E-state index in [9.17, 15) is 29.1 Å². The van der Waals surface area contributed by atoms with Gasteiger partial charge in [-0.05, 0) is 58.1 Å². The fourth-order valence-corrected chi connectivity index (χ4v) is 9.15. The number of anilines is 1. The number of hydrogen-bond donors (Lipinski definition) is 3. The van der Waals surface area contributed by atoms with Crippen LogP contribution in [0.1, 0.15) is 103 Å². The number of alkyl carbamates (subject to hydrolysis) is 1. The molecule has 1 saturated carbocycles. The van der Waals surface area contributed by atoms with Gasteiger partial charge in [0.15, 0.2) is 0 Å². The summed E-state index contributed by atoms with van der Waals surface area (Å²) in [7, 11) is 0. The van der Waals surface area contributed by atoms with Crippen LogP contribution in [-0.4, -0.2) is 98.0 Å². The number of hydrogen-bond acceptors (Lipinski definition) is 9. The number of carboxylic acids is 1. The second kappa shape index (κ2) is 14.4. The van der Waals surface area contributed by atoms with Crippen LogP contribution in [0.5, 0.6) is 0 Å². The topological polar surface area (TPSA) is 163 Å². The van der Waals surface area contributed by atoms with Crippen molar-refractivity contribution in [3.8, 4) is 0 Å². The molecule has 49 heavy (non-hydrogen) atoms. The van der Waals surface area contributed by atoms with Crippen LogP contribution in [0.4, 0.5) is 10.5 Å². The maximum Gasteiger partial charge on any atom is 0.408 e. The molecule has 3 N–H and O–H groups in total. The number of aliphatic carboxylic acids is 1. The number of nitrogens with zero attached hydrogens (tertiary/aromatic N) is 4. The molecule has 268 valence electrons. The van der Waals surface area contributed by atoms with Crippen LogP contribution in [-0.2, 0) is 19.1 Å². The van der Waals surface area contributed by atoms with Gasteiger partial charge in [-0.3, -0.25) is 14.4 Å². The Hall–Kier alpha value is -3.55. The number of rotatable bonds is 5. The molecule has 0 radical (unpaired) electrons. The van der Waals surface area contributed by atoms with Gasteiger partial charge in [-0.2, -0.15) is 16.9 Å². The normalized spacial score (nSPS) is 31.0. The van der Waals surface area contributed by atoms with Crippen molar-refractivity contribution >= 4 is 41.3 Å². The highest BCUT2D eigenvalue weighted by Crippen LogP contribution is 2.48. The largest absolute Gasteiger partial charge is 0.479 e. The molecule has 6 atom stereocenters. The number of thioether (sulfide) groups is 1. The minimum atomic E-state index is -1.37. The van der Waals surface area contributed by atoms with Gasteiger partial charge in [-0.25, -0.2) is 14.3 Å². The minimum Gasteiger partial charge on any atom is -0.479 e. The molecule has 13 nitrogen and oxygen atoms in total. The molecule has 4 fully saturated rings. The van der Waals surface area contributed by atoms with Crippen molar-refractivity contribution in [2.75, 3.05) is 36.0 Å². The van der Waals surface area contributed by atoms with Gasteiger partial charge in [0, 0.05) is 43.3 Å². The minimum absolute atomic E-state index is 0.0172. The molecular weight excluding hydrogens is 648 g/mol. The molecule has 1 aliphatic carbocycles. The second-order valence-corrected chi connectivity index (χ2v) is 16.4. The maximum atomic E-state index is 14.4. The van der Waals surface area contributed by atoms with Crippen molar-refractivity contribution in [2.45, 2.75) is 120 Å². The lowest BCUT2D eigenvalue weighted by Crippen LogP contribution is -2.56. The molecule has 1 aromatic heterocycles. The third-order valence-electron chi connectivity index (χ3n) is 10.6. The molecule has 5 heterocycles. The molecule has 6 rings (SSSR count). The van der Waals surface area contributed by atoms with Crippen LogP contribution in [0.15, 0.2) is 23.1 Å². The number of aromatic nitrogens is 2. The zero-order valence-electron chi connectivity index (χ0n) is 28.8. The summed E-state index contributed by atoms with van der Waals surface area (Å²) in [6, 6.07) is -2.63. The third kappa shape index (κ3) is 7.63. The predicted molar refractivity (Wildman–Crippen MR) is 186 cm³/mol. The summed E-state index contributed by atoms with van der Waals surface area (Å²) < 4.78 is 6.93. The molecule has 0 spiro atoms. The maximum absolute atomic E-state index is 14.4. The molecule has 5 aliphatic rings. The molecule has 3 amide bonds. The fourth-order valence-electron chi connectivity index (χ4n) is 7.91. The smallest absolute Gasteiger partial charge is 0.408 e. The number of carboxylic acid groups (broad SMARTS) is 1. The van der Waals surface area contributed by atoms with E-state index >= 15 is 0 Å². The van der Waals surface area contributed by atoms with Gasteiger partial charge in [-0.1, -0.05) is 44.3 Å². The fraction of sp³-hybridized carbons (Fsp3) is 0.714. The Bertz CT molecular complexity index is 1530. The number of ether oxygens (including phenoxy) is 1. The van der Waals surface area contributed by atoms with Gasteiger partial charge in [0.05, 0.1) is 17.9 Å². The quantitative estimate of drug-likeness (QED) is 0.388. The van der Waals surface area contributed by atoms with Crippen molar-refractivity contribution in [3.63, 3.8) is 0 Å². The van der Waals surface area contributed by atoms with Gasteiger partial charge in [0.2, 0.25) is 11.8 Å². The van der Waals surface area contributed by atoms with Crippen LogP contribution < -0.4 is 21.1 Å². The number of carbonyl (C=O) groups is 4. The SMILES string of the molecule is CC(C)(C)OC(=O)N[C@@H]1CCCCCCC[C@@H]2C[C@]2(C(=O)O)NC(=O)C2C[C@H](n3ncc(N4CC=CC4)c(C4CCSC4)c3=O)CN2C1=O. The standard InChI is InChI=1S/C35H50N6O7S/c1-34(2,3)48-33(47)37-25-12-8-6-4-5-7-11-23-18-35(23,32(45)46)38-29(42)26-17-24(20-40(26)30(25)43)41-31(44)28(22-13-16-49-21-22)27(19-36-41)39-14-9-10-15-39/h9-10,19,22-26H,4-8,11-18,20-21H2,1-3H3,(H,37,47)(H,38,42)(H,45,46)/t22?,23-,24+,25-,26?,35+/m1/s1. The zero-order valence-corrected chi connectivity index (χ0v) is 29.6. The first kappa shape index (κ1) is 35.3. The average Bonchev–Trinajstić information content (AvgIpc) is 3.56. The third-order valence-corrected chi connectivity index (χ3v) is 11.8. The van der Waals surface area contributed by atoms with E-state index in [1.165, 1.54) is 9.58 Å². The zero-order chi connectivity index (χ0) is 34.9. The summed E-state index contributed by atoms with van der Waals surface area (Å²) in [6.45, 7) is 6.65. The average molecular weight is 699 g/mol. The Labute approximate surface area is 291 Å². The summed E-state index contributed by atoms with van der Waals surface area (Å²) in [5.41, 5.74) is -0.819. The van der Waals surface area contributed by atoms with E-state index in [0.29, 0.717) is 38.8 Å². The molecule has 4 aliphatic heterocycles. The van der Waals surface area contributed by atoms with E-state index in [1.807, 2.05) is 11.8 Å². The molecule has 1 aromatic rings. The Balaban J connectivity index is 1.34. The first-order valence-electron chi connectivity index (χ1n) is 17.8. The summed E-state index contributed by atoms with van der Waals surface area (Å²) in [6.07, 6.45) is 11.8. The number of fused-ring (bicyclic) bond motifs is 2. The number of nitrogens with one attached hydrogen (secondary N) is 2. The number of carbonyl (C=O) groups excluding carboxylic acids is 3.